The van der Waals surface area contributed by atoms with Crippen molar-refractivity contribution in [2.45, 2.75) is 26.6 Å². The van der Waals surface area contributed by atoms with Gasteiger partial charge in [-0.2, -0.15) is 0 Å². The number of nitrogens with one attached hydrogen (secondary N) is 1. The number of hydrogen-bond donors (Lipinski definition) is 1. The summed E-state index contributed by atoms with van der Waals surface area (Å²) in [7, 11) is 0. The summed E-state index contributed by atoms with van der Waals surface area (Å²) in [4.78, 5) is 23.4. The van der Waals surface area contributed by atoms with Crippen LogP contribution in [0, 0.1) is 12.3 Å². The largest absolute Gasteiger partial charge is 0.419 e. The highest BCUT2D eigenvalue weighted by molar-refractivity contribution is 9.11. The first kappa shape index (κ1) is 16.1. The molecule has 0 atom stereocenters. The third-order valence-electron chi connectivity index (χ3n) is 2.09. The van der Waals surface area contributed by atoms with Crippen LogP contribution in [-0.4, -0.2) is 17.7 Å². The van der Waals surface area contributed by atoms with Crippen molar-refractivity contribution in [3.63, 3.8) is 0 Å². The number of allylic oxidation sites excluding steroid dienone is 3. The molecule has 0 spiro atoms. The molecule has 1 aliphatic heterocycles. The number of halogens is 1. The average molecular weight is 340 g/mol. The molecule has 5 nitrogen and oxygen atoms in total. The molecule has 0 unspecified atom stereocenters. The summed E-state index contributed by atoms with van der Waals surface area (Å²) >= 11 is 3.26. The maximum Gasteiger partial charge on any atom is 0.350 e. The van der Waals surface area contributed by atoms with Crippen LogP contribution in [0.15, 0.2) is 34.1 Å². The monoisotopic (exact) mass is 339 g/mol. The van der Waals surface area contributed by atoms with Crippen molar-refractivity contribution in [3.05, 3.63) is 34.1 Å². The van der Waals surface area contributed by atoms with Gasteiger partial charge in [-0.15, -0.1) is 6.42 Å². The maximum atomic E-state index is 11.7. The Kier molecular flexibility index (Phi) is 5.17. The Hall–Kier alpha value is -2.00. The third-order valence-corrected chi connectivity index (χ3v) is 2.32. The number of cyclic esters (lactones) is 2. The Labute approximate surface area is 125 Å². The molecule has 0 aromatic carbocycles. The molecular formula is C14H14BrNO4. The number of rotatable bonds is 3. The van der Waals surface area contributed by atoms with E-state index in [1.165, 1.54) is 26.1 Å². The van der Waals surface area contributed by atoms with Crippen LogP contribution in [0.1, 0.15) is 20.8 Å². The normalized spacial score (nSPS) is 18.9. The van der Waals surface area contributed by atoms with Crippen LogP contribution in [0.3, 0.4) is 0 Å². The van der Waals surface area contributed by atoms with Crippen LogP contribution in [0.5, 0.6) is 0 Å². The lowest BCUT2D eigenvalue weighted by molar-refractivity contribution is -0.222. The summed E-state index contributed by atoms with van der Waals surface area (Å²) in [6, 6.07) is 0. The molecule has 20 heavy (non-hydrogen) atoms. The summed E-state index contributed by atoms with van der Waals surface area (Å²) in [6.07, 6.45) is 9.54. The average Bonchev–Trinajstić information content (AvgIpc) is 2.25. The van der Waals surface area contributed by atoms with Gasteiger partial charge in [0.05, 0.1) is 0 Å². The Bertz CT molecular complexity index is 538. The fourth-order valence-corrected chi connectivity index (χ4v) is 1.61. The zero-order valence-electron chi connectivity index (χ0n) is 11.3. The van der Waals surface area contributed by atoms with Crippen molar-refractivity contribution in [2.24, 2.45) is 0 Å². The summed E-state index contributed by atoms with van der Waals surface area (Å²) in [5.74, 6) is -0.413. The van der Waals surface area contributed by atoms with Crippen LogP contribution in [0.4, 0.5) is 0 Å². The van der Waals surface area contributed by atoms with Gasteiger partial charge >= 0.3 is 11.9 Å². The molecule has 0 radical (unpaired) electrons. The third kappa shape index (κ3) is 4.59. The molecule has 0 saturated carbocycles. The number of hydrogen-bond acceptors (Lipinski definition) is 5. The molecular weight excluding hydrogens is 326 g/mol. The van der Waals surface area contributed by atoms with Gasteiger partial charge in [0.2, 0.25) is 0 Å². The van der Waals surface area contributed by atoms with E-state index in [0.29, 0.717) is 5.70 Å². The van der Waals surface area contributed by atoms with Crippen LogP contribution >= 0.6 is 15.9 Å². The fourth-order valence-electron chi connectivity index (χ4n) is 1.36. The van der Waals surface area contributed by atoms with Gasteiger partial charge in [0.1, 0.15) is 0 Å². The van der Waals surface area contributed by atoms with Crippen molar-refractivity contribution >= 4 is 27.9 Å². The molecule has 1 heterocycles. The molecule has 0 aromatic rings. The Morgan fingerprint density at radius 3 is 2.35 bits per heavy atom. The smallest absolute Gasteiger partial charge is 0.350 e. The second-order valence-corrected chi connectivity index (χ2v) is 5.63. The number of esters is 2. The van der Waals surface area contributed by atoms with Gasteiger partial charge in [-0.3, -0.25) is 0 Å². The molecule has 1 N–H and O–H groups in total. The molecule has 1 rings (SSSR count). The number of terminal acetylenes is 1. The van der Waals surface area contributed by atoms with E-state index < -0.39 is 17.7 Å². The zero-order chi connectivity index (χ0) is 15.3. The highest BCUT2D eigenvalue weighted by Crippen LogP contribution is 2.22. The molecule has 1 fully saturated rings. The van der Waals surface area contributed by atoms with Crippen LogP contribution in [0.2, 0.25) is 0 Å². The molecule has 6 heteroatoms. The fraction of sp³-hybridized carbons (Fsp3) is 0.286. The van der Waals surface area contributed by atoms with Gasteiger partial charge in [0.25, 0.3) is 5.79 Å². The summed E-state index contributed by atoms with van der Waals surface area (Å²) < 4.78 is 10.7. The molecule has 106 valence electrons. The zero-order valence-corrected chi connectivity index (χ0v) is 12.9. The molecule has 1 aliphatic rings. The first-order chi connectivity index (χ1) is 9.25. The van der Waals surface area contributed by atoms with Crippen molar-refractivity contribution in [3.8, 4) is 12.3 Å². The van der Waals surface area contributed by atoms with Gasteiger partial charge in [0, 0.05) is 31.8 Å². The van der Waals surface area contributed by atoms with Crippen molar-refractivity contribution in [1.82, 2.24) is 5.32 Å². The maximum absolute atomic E-state index is 11.7. The summed E-state index contributed by atoms with van der Waals surface area (Å²) in [5.41, 5.74) is 0.299. The standard InChI is InChI=1S/C14H14BrNO4/c1-5-6-10(7-9(2)15)16-8-11-12(17)19-14(3,4)20-13(11)18/h1,6-8,16H,2-4H3/b9-7+,10-6+. The minimum atomic E-state index is -1.25. The summed E-state index contributed by atoms with van der Waals surface area (Å²) in [5, 5.41) is 2.76. The molecule has 0 aromatic heterocycles. The Morgan fingerprint density at radius 2 is 1.90 bits per heavy atom. The van der Waals surface area contributed by atoms with E-state index in [4.69, 9.17) is 15.9 Å². The van der Waals surface area contributed by atoms with Crippen LogP contribution in [-0.2, 0) is 19.1 Å². The number of carbonyl (C=O) groups excluding carboxylic acids is 2. The minimum absolute atomic E-state index is 0.229. The minimum Gasteiger partial charge on any atom is -0.419 e. The topological polar surface area (TPSA) is 64.6 Å². The van der Waals surface area contributed by atoms with E-state index in [1.807, 2.05) is 6.92 Å². The van der Waals surface area contributed by atoms with E-state index in [-0.39, 0.29) is 5.57 Å². The highest BCUT2D eigenvalue weighted by atomic mass is 79.9. The van der Waals surface area contributed by atoms with Crippen molar-refractivity contribution < 1.29 is 19.1 Å². The first-order valence-corrected chi connectivity index (χ1v) is 6.48. The Balaban J connectivity index is 2.93. The molecule has 0 amide bonds. The van der Waals surface area contributed by atoms with Gasteiger partial charge in [-0.05, 0) is 17.5 Å². The first-order valence-electron chi connectivity index (χ1n) is 5.68. The predicted molar refractivity (Wildman–Crippen MR) is 77.1 cm³/mol. The van der Waals surface area contributed by atoms with Gasteiger partial charge in [-0.1, -0.05) is 21.9 Å². The number of ether oxygens (including phenoxy) is 2. The van der Waals surface area contributed by atoms with Gasteiger partial charge < -0.3 is 14.8 Å². The van der Waals surface area contributed by atoms with Crippen LogP contribution < -0.4 is 5.32 Å². The predicted octanol–water partition coefficient (Wildman–Crippen LogP) is 2.11. The number of carbonyl (C=O) groups is 2. The highest BCUT2D eigenvalue weighted by Gasteiger charge is 2.38. The van der Waals surface area contributed by atoms with Crippen molar-refractivity contribution in [2.75, 3.05) is 0 Å². The molecule has 0 bridgehead atoms. The molecule has 0 aliphatic carbocycles. The van der Waals surface area contributed by atoms with Crippen LogP contribution in [0.25, 0.3) is 0 Å². The van der Waals surface area contributed by atoms with E-state index in [0.717, 1.165) is 4.48 Å². The second kappa shape index (κ2) is 6.44. The second-order valence-electron chi connectivity index (χ2n) is 4.38. The quantitative estimate of drug-likeness (QED) is 0.280. The SMILES string of the molecule is C#C/C=C(\C=C(/C)Br)NC=C1C(=O)OC(C)(C)OC1=O. The van der Waals surface area contributed by atoms with E-state index >= 15 is 0 Å². The lowest BCUT2D eigenvalue weighted by Gasteiger charge is -2.29. The molecule has 1 saturated heterocycles. The lowest BCUT2D eigenvalue weighted by atomic mass is 10.2. The van der Waals surface area contributed by atoms with E-state index in [9.17, 15) is 9.59 Å². The lowest BCUT2D eigenvalue weighted by Crippen LogP contribution is -2.42. The summed E-state index contributed by atoms with van der Waals surface area (Å²) in [6.45, 7) is 4.77. The Morgan fingerprint density at radius 1 is 1.35 bits per heavy atom. The van der Waals surface area contributed by atoms with E-state index in [2.05, 4.69) is 27.2 Å². The van der Waals surface area contributed by atoms with Gasteiger partial charge in [-0.25, -0.2) is 9.59 Å². The van der Waals surface area contributed by atoms with Gasteiger partial charge in [0.15, 0.2) is 5.57 Å². The van der Waals surface area contributed by atoms with E-state index in [1.54, 1.807) is 6.08 Å². The van der Waals surface area contributed by atoms with Crippen molar-refractivity contribution in [1.29, 1.82) is 0 Å².